The van der Waals surface area contributed by atoms with Crippen molar-refractivity contribution < 1.29 is 4.79 Å². The van der Waals surface area contributed by atoms with Gasteiger partial charge in [0.15, 0.2) is 5.78 Å². The SMILES string of the molecule is CC(=O)c1cnc(N2CCCC(C)C2)nc1C. The van der Waals surface area contributed by atoms with E-state index in [1.807, 2.05) is 6.92 Å². The van der Waals surface area contributed by atoms with Crippen LogP contribution in [0.25, 0.3) is 0 Å². The summed E-state index contributed by atoms with van der Waals surface area (Å²) in [5.41, 5.74) is 1.40. The fourth-order valence-corrected chi connectivity index (χ4v) is 2.32. The van der Waals surface area contributed by atoms with Crippen LogP contribution in [0.15, 0.2) is 6.20 Å². The second-order valence-corrected chi connectivity index (χ2v) is 4.92. The first-order chi connectivity index (χ1) is 8.08. The molecule has 0 aliphatic carbocycles. The monoisotopic (exact) mass is 233 g/mol. The van der Waals surface area contributed by atoms with Crippen LogP contribution in [0.2, 0.25) is 0 Å². The van der Waals surface area contributed by atoms with Gasteiger partial charge in [-0.15, -0.1) is 0 Å². The molecule has 4 nitrogen and oxygen atoms in total. The Morgan fingerprint density at radius 1 is 1.53 bits per heavy atom. The predicted octanol–water partition coefficient (Wildman–Crippen LogP) is 2.22. The summed E-state index contributed by atoms with van der Waals surface area (Å²) in [6.45, 7) is 7.70. The highest BCUT2D eigenvalue weighted by molar-refractivity contribution is 5.94. The smallest absolute Gasteiger partial charge is 0.225 e. The summed E-state index contributed by atoms with van der Waals surface area (Å²) in [7, 11) is 0. The van der Waals surface area contributed by atoms with E-state index in [1.54, 1.807) is 13.1 Å². The third-order valence-electron chi connectivity index (χ3n) is 3.29. The molecule has 0 amide bonds. The molecular weight excluding hydrogens is 214 g/mol. The molecule has 1 aromatic rings. The van der Waals surface area contributed by atoms with Crippen molar-refractivity contribution in [1.82, 2.24) is 9.97 Å². The van der Waals surface area contributed by atoms with Crippen molar-refractivity contribution in [2.24, 2.45) is 5.92 Å². The molecule has 0 bridgehead atoms. The summed E-state index contributed by atoms with van der Waals surface area (Å²) >= 11 is 0. The molecule has 0 aromatic carbocycles. The van der Waals surface area contributed by atoms with Crippen LogP contribution in [-0.4, -0.2) is 28.8 Å². The first kappa shape index (κ1) is 12.0. The van der Waals surface area contributed by atoms with Crippen LogP contribution >= 0.6 is 0 Å². The molecule has 1 aliphatic heterocycles. The van der Waals surface area contributed by atoms with Crippen molar-refractivity contribution >= 4 is 11.7 Å². The van der Waals surface area contributed by atoms with Crippen LogP contribution in [0.4, 0.5) is 5.95 Å². The molecule has 0 N–H and O–H groups in total. The molecule has 0 saturated carbocycles. The zero-order valence-corrected chi connectivity index (χ0v) is 10.7. The molecule has 0 spiro atoms. The number of rotatable bonds is 2. The maximum absolute atomic E-state index is 11.3. The minimum Gasteiger partial charge on any atom is -0.341 e. The second-order valence-electron chi connectivity index (χ2n) is 4.92. The zero-order valence-electron chi connectivity index (χ0n) is 10.7. The van der Waals surface area contributed by atoms with Crippen molar-refractivity contribution in [2.75, 3.05) is 18.0 Å². The van der Waals surface area contributed by atoms with E-state index in [-0.39, 0.29) is 5.78 Å². The largest absolute Gasteiger partial charge is 0.341 e. The molecule has 4 heteroatoms. The van der Waals surface area contributed by atoms with E-state index in [2.05, 4.69) is 21.8 Å². The number of carbonyl (C=O) groups excluding carboxylic acids is 1. The molecule has 2 rings (SSSR count). The van der Waals surface area contributed by atoms with Crippen LogP contribution in [0, 0.1) is 12.8 Å². The van der Waals surface area contributed by atoms with Crippen LogP contribution in [0.5, 0.6) is 0 Å². The van der Waals surface area contributed by atoms with E-state index in [0.29, 0.717) is 11.5 Å². The Morgan fingerprint density at radius 2 is 2.29 bits per heavy atom. The van der Waals surface area contributed by atoms with Gasteiger partial charge in [0, 0.05) is 19.3 Å². The van der Waals surface area contributed by atoms with Gasteiger partial charge in [-0.2, -0.15) is 0 Å². The summed E-state index contributed by atoms with van der Waals surface area (Å²) in [6, 6.07) is 0. The van der Waals surface area contributed by atoms with Crippen molar-refractivity contribution in [3.8, 4) is 0 Å². The Hall–Kier alpha value is -1.45. The summed E-state index contributed by atoms with van der Waals surface area (Å²) in [4.78, 5) is 22.3. The number of nitrogens with zero attached hydrogens (tertiary/aromatic N) is 3. The molecule has 1 unspecified atom stereocenters. The minimum atomic E-state index is 0.0288. The first-order valence-electron chi connectivity index (χ1n) is 6.17. The van der Waals surface area contributed by atoms with Gasteiger partial charge in [-0.05, 0) is 32.6 Å². The summed E-state index contributed by atoms with van der Waals surface area (Å²) in [5, 5.41) is 0. The summed E-state index contributed by atoms with van der Waals surface area (Å²) in [5.74, 6) is 1.49. The highest BCUT2D eigenvalue weighted by atomic mass is 16.1. The van der Waals surface area contributed by atoms with Crippen molar-refractivity contribution in [3.05, 3.63) is 17.5 Å². The average Bonchev–Trinajstić information content (AvgIpc) is 2.28. The lowest BCUT2D eigenvalue weighted by Gasteiger charge is -2.31. The lowest BCUT2D eigenvalue weighted by molar-refractivity contribution is 0.101. The Bertz CT molecular complexity index is 431. The van der Waals surface area contributed by atoms with Gasteiger partial charge in [0.2, 0.25) is 5.95 Å². The summed E-state index contributed by atoms with van der Waals surface area (Å²) in [6.07, 6.45) is 4.12. The van der Waals surface area contributed by atoms with Gasteiger partial charge in [0.1, 0.15) is 0 Å². The van der Waals surface area contributed by atoms with Crippen LogP contribution in [-0.2, 0) is 0 Å². The number of Topliss-reactive ketones (excluding diaryl/α,β-unsaturated/α-hetero) is 1. The fourth-order valence-electron chi connectivity index (χ4n) is 2.32. The lowest BCUT2D eigenvalue weighted by Crippen LogP contribution is -2.35. The second kappa shape index (κ2) is 4.82. The van der Waals surface area contributed by atoms with E-state index >= 15 is 0 Å². The highest BCUT2D eigenvalue weighted by Gasteiger charge is 2.19. The van der Waals surface area contributed by atoms with Gasteiger partial charge >= 0.3 is 0 Å². The van der Waals surface area contributed by atoms with E-state index < -0.39 is 0 Å². The third-order valence-corrected chi connectivity index (χ3v) is 3.29. The van der Waals surface area contributed by atoms with Crippen LogP contribution in [0.3, 0.4) is 0 Å². The molecule has 1 aromatic heterocycles. The van der Waals surface area contributed by atoms with E-state index in [0.717, 1.165) is 24.7 Å². The van der Waals surface area contributed by atoms with Gasteiger partial charge in [0.05, 0.1) is 11.3 Å². The third kappa shape index (κ3) is 2.62. The molecule has 17 heavy (non-hydrogen) atoms. The first-order valence-corrected chi connectivity index (χ1v) is 6.17. The molecule has 1 fully saturated rings. The van der Waals surface area contributed by atoms with Gasteiger partial charge in [-0.3, -0.25) is 4.79 Å². The van der Waals surface area contributed by atoms with Crippen molar-refractivity contribution in [1.29, 1.82) is 0 Å². The molecule has 1 aliphatic rings. The number of hydrogen-bond donors (Lipinski definition) is 0. The van der Waals surface area contributed by atoms with E-state index in [1.165, 1.54) is 12.8 Å². The molecule has 1 saturated heterocycles. The molecule has 0 radical (unpaired) electrons. The zero-order chi connectivity index (χ0) is 12.4. The van der Waals surface area contributed by atoms with Gasteiger partial charge < -0.3 is 4.90 Å². The minimum absolute atomic E-state index is 0.0288. The quantitative estimate of drug-likeness (QED) is 0.735. The van der Waals surface area contributed by atoms with Gasteiger partial charge in [-0.25, -0.2) is 9.97 Å². The Kier molecular flexibility index (Phi) is 3.41. The average molecular weight is 233 g/mol. The summed E-state index contributed by atoms with van der Waals surface area (Å²) < 4.78 is 0. The number of anilines is 1. The molecule has 92 valence electrons. The molecular formula is C13H19N3O. The lowest BCUT2D eigenvalue weighted by atomic mass is 10.0. The van der Waals surface area contributed by atoms with Gasteiger partial charge in [0.25, 0.3) is 0 Å². The molecule has 1 atom stereocenters. The van der Waals surface area contributed by atoms with Crippen LogP contribution < -0.4 is 4.90 Å². The van der Waals surface area contributed by atoms with E-state index in [4.69, 9.17) is 0 Å². The Morgan fingerprint density at radius 3 is 2.88 bits per heavy atom. The normalized spacial score (nSPS) is 20.4. The standard InChI is InChI=1S/C13H19N3O/c1-9-5-4-6-16(8-9)13-14-7-12(11(3)17)10(2)15-13/h7,9H,4-6,8H2,1-3H3. The molecule has 2 heterocycles. The number of aromatic nitrogens is 2. The number of hydrogen-bond acceptors (Lipinski definition) is 4. The number of piperidine rings is 1. The van der Waals surface area contributed by atoms with Crippen LogP contribution in [0.1, 0.15) is 42.7 Å². The Balaban J connectivity index is 2.22. The maximum Gasteiger partial charge on any atom is 0.225 e. The fraction of sp³-hybridized carbons (Fsp3) is 0.615. The predicted molar refractivity (Wildman–Crippen MR) is 67.4 cm³/mol. The number of aryl methyl sites for hydroxylation is 1. The number of carbonyl (C=O) groups is 1. The van der Waals surface area contributed by atoms with Crippen molar-refractivity contribution in [3.63, 3.8) is 0 Å². The van der Waals surface area contributed by atoms with E-state index in [9.17, 15) is 4.79 Å². The number of ketones is 1. The topological polar surface area (TPSA) is 46.1 Å². The maximum atomic E-state index is 11.3. The highest BCUT2D eigenvalue weighted by Crippen LogP contribution is 2.20. The van der Waals surface area contributed by atoms with Crippen molar-refractivity contribution in [2.45, 2.75) is 33.6 Å². The Labute approximate surface area is 102 Å². The van der Waals surface area contributed by atoms with Gasteiger partial charge in [-0.1, -0.05) is 6.92 Å².